The molecular weight excluding hydrogens is 214 g/mol. The Morgan fingerprint density at radius 2 is 2.33 bits per heavy atom. The summed E-state index contributed by atoms with van der Waals surface area (Å²) in [7, 11) is -3.01. The molecule has 2 rings (SSSR count). The Morgan fingerprint density at radius 3 is 2.93 bits per heavy atom. The van der Waals surface area contributed by atoms with Gasteiger partial charge in [0.1, 0.15) is 11.6 Å². The molecule has 0 spiro atoms. The number of sulfone groups is 1. The molecule has 6 heteroatoms. The maximum Gasteiger partial charge on any atom is 0.173 e. The Balaban J connectivity index is 2.09. The van der Waals surface area contributed by atoms with Gasteiger partial charge >= 0.3 is 0 Å². The van der Waals surface area contributed by atoms with Gasteiger partial charge in [0.25, 0.3) is 0 Å². The van der Waals surface area contributed by atoms with Crippen LogP contribution in [0.5, 0.6) is 0 Å². The van der Waals surface area contributed by atoms with Crippen LogP contribution < -0.4 is 5.32 Å². The van der Waals surface area contributed by atoms with Gasteiger partial charge in [-0.1, -0.05) is 0 Å². The summed E-state index contributed by atoms with van der Waals surface area (Å²) in [6, 6.07) is 1.52. The smallest absolute Gasteiger partial charge is 0.173 e. The minimum atomic E-state index is -3.01. The fourth-order valence-electron chi connectivity index (χ4n) is 1.39. The summed E-state index contributed by atoms with van der Waals surface area (Å²) in [5.74, 6) is 1.40. The number of nitrogens with zero attached hydrogens (tertiary/aromatic N) is 2. The molecule has 1 aromatic rings. The zero-order valence-corrected chi connectivity index (χ0v) is 9.03. The highest BCUT2D eigenvalue weighted by molar-refractivity contribution is 7.94. The zero-order valence-electron chi connectivity index (χ0n) is 8.21. The van der Waals surface area contributed by atoms with Gasteiger partial charge in [0.2, 0.25) is 0 Å². The molecule has 15 heavy (non-hydrogen) atoms. The van der Waals surface area contributed by atoms with Crippen LogP contribution in [0.2, 0.25) is 0 Å². The number of aryl methyl sites for hydroxylation is 1. The van der Waals surface area contributed by atoms with Gasteiger partial charge in [0.05, 0.1) is 11.8 Å². The number of aromatic nitrogens is 2. The van der Waals surface area contributed by atoms with Crippen LogP contribution in [0.3, 0.4) is 0 Å². The fraction of sp³-hybridized carbons (Fsp3) is 0.333. The van der Waals surface area contributed by atoms with Crippen molar-refractivity contribution in [3.05, 3.63) is 29.6 Å². The molecule has 0 saturated carbocycles. The number of hydrogen-bond donors (Lipinski definition) is 1. The summed E-state index contributed by atoms with van der Waals surface area (Å²) < 4.78 is 22.3. The van der Waals surface area contributed by atoms with Gasteiger partial charge in [-0.2, -0.15) is 0 Å². The van der Waals surface area contributed by atoms with E-state index in [0.29, 0.717) is 11.6 Å². The van der Waals surface area contributed by atoms with Crippen LogP contribution in [-0.4, -0.2) is 30.2 Å². The van der Waals surface area contributed by atoms with Gasteiger partial charge in [-0.15, -0.1) is 0 Å². The van der Waals surface area contributed by atoms with E-state index < -0.39 is 9.84 Å². The van der Waals surface area contributed by atoms with E-state index in [2.05, 4.69) is 15.3 Å². The molecule has 0 amide bonds. The molecule has 0 aromatic carbocycles. The largest absolute Gasteiger partial charge is 0.363 e. The Morgan fingerprint density at radius 1 is 1.53 bits per heavy atom. The third-order valence-corrected chi connectivity index (χ3v) is 3.43. The van der Waals surface area contributed by atoms with Gasteiger partial charge in [0.15, 0.2) is 9.84 Å². The number of hydrogen-bond acceptors (Lipinski definition) is 5. The number of rotatable bonds is 2. The van der Waals surface area contributed by atoms with Gasteiger partial charge in [-0.25, -0.2) is 18.4 Å². The predicted octanol–water partition coefficient (Wildman–Crippen LogP) is 0.508. The van der Waals surface area contributed by atoms with Crippen molar-refractivity contribution in [2.24, 2.45) is 0 Å². The summed E-state index contributed by atoms with van der Waals surface area (Å²) in [6.07, 6.45) is 3.27. The average molecular weight is 225 g/mol. The minimum Gasteiger partial charge on any atom is -0.363 e. The predicted molar refractivity (Wildman–Crippen MR) is 57.1 cm³/mol. The summed E-state index contributed by atoms with van der Waals surface area (Å²) >= 11 is 0. The van der Waals surface area contributed by atoms with E-state index in [1.165, 1.54) is 5.41 Å². The van der Waals surface area contributed by atoms with Crippen molar-refractivity contribution in [2.45, 2.75) is 13.0 Å². The Labute approximate surface area is 88.2 Å². The van der Waals surface area contributed by atoms with Gasteiger partial charge in [-0.3, -0.25) is 0 Å². The Bertz CT molecular complexity index is 496. The average Bonchev–Trinajstić information content (AvgIpc) is 2.45. The van der Waals surface area contributed by atoms with E-state index >= 15 is 0 Å². The summed E-state index contributed by atoms with van der Waals surface area (Å²) in [5, 5.41) is 4.26. The first-order valence-electron chi connectivity index (χ1n) is 4.52. The van der Waals surface area contributed by atoms with Gasteiger partial charge in [-0.05, 0) is 19.1 Å². The van der Waals surface area contributed by atoms with E-state index in [0.717, 1.165) is 0 Å². The third-order valence-electron chi connectivity index (χ3n) is 2.04. The second-order valence-corrected chi connectivity index (χ2v) is 5.33. The molecule has 0 aliphatic carbocycles. The van der Waals surface area contributed by atoms with Crippen LogP contribution in [0.25, 0.3) is 0 Å². The lowest BCUT2D eigenvalue weighted by molar-refractivity contribution is 0.605. The van der Waals surface area contributed by atoms with E-state index in [-0.39, 0.29) is 11.8 Å². The van der Waals surface area contributed by atoms with E-state index in [4.69, 9.17) is 0 Å². The first-order chi connectivity index (χ1) is 7.05. The van der Waals surface area contributed by atoms with Crippen molar-refractivity contribution < 1.29 is 8.42 Å². The van der Waals surface area contributed by atoms with Crippen molar-refractivity contribution in [1.82, 2.24) is 9.97 Å². The highest BCUT2D eigenvalue weighted by atomic mass is 32.2. The van der Waals surface area contributed by atoms with Crippen molar-refractivity contribution >= 4 is 15.7 Å². The van der Waals surface area contributed by atoms with Crippen molar-refractivity contribution in [3.8, 4) is 0 Å². The molecule has 1 N–H and O–H groups in total. The number of nitrogens with one attached hydrogen (secondary N) is 1. The van der Waals surface area contributed by atoms with Crippen LogP contribution in [-0.2, 0) is 9.84 Å². The molecule has 0 fully saturated rings. The van der Waals surface area contributed by atoms with E-state index in [1.807, 2.05) is 0 Å². The first-order valence-corrected chi connectivity index (χ1v) is 6.24. The molecule has 0 saturated heterocycles. The SMILES string of the molecule is Cc1nccc(NC2C=CS(=O)(=O)C2)n1. The van der Waals surface area contributed by atoms with E-state index in [9.17, 15) is 8.42 Å². The van der Waals surface area contributed by atoms with Gasteiger partial charge < -0.3 is 5.32 Å². The Hall–Kier alpha value is -1.43. The third kappa shape index (κ3) is 2.53. The molecule has 80 valence electrons. The maximum absolute atomic E-state index is 11.1. The molecule has 1 unspecified atom stereocenters. The molecule has 1 aliphatic rings. The molecule has 2 heterocycles. The normalized spacial score (nSPS) is 22.9. The maximum atomic E-state index is 11.1. The lowest BCUT2D eigenvalue weighted by atomic mass is 10.3. The van der Waals surface area contributed by atoms with Crippen LogP contribution >= 0.6 is 0 Å². The lowest BCUT2D eigenvalue weighted by Crippen LogP contribution is -2.21. The molecule has 0 radical (unpaired) electrons. The zero-order chi connectivity index (χ0) is 10.9. The van der Waals surface area contributed by atoms with Crippen LogP contribution in [0, 0.1) is 6.92 Å². The molecule has 1 aliphatic heterocycles. The second-order valence-electron chi connectivity index (χ2n) is 3.40. The molecule has 5 nitrogen and oxygen atoms in total. The number of anilines is 1. The monoisotopic (exact) mass is 225 g/mol. The molecule has 1 atom stereocenters. The minimum absolute atomic E-state index is 0.0933. The van der Waals surface area contributed by atoms with Crippen molar-refractivity contribution in [1.29, 1.82) is 0 Å². The van der Waals surface area contributed by atoms with Crippen molar-refractivity contribution in [2.75, 3.05) is 11.1 Å². The van der Waals surface area contributed by atoms with Gasteiger partial charge in [0, 0.05) is 11.6 Å². The highest BCUT2D eigenvalue weighted by Crippen LogP contribution is 2.12. The Kier molecular flexibility index (Phi) is 2.44. The van der Waals surface area contributed by atoms with Crippen LogP contribution in [0.4, 0.5) is 5.82 Å². The summed E-state index contributed by atoms with van der Waals surface area (Å²) in [4.78, 5) is 8.09. The molecule has 0 bridgehead atoms. The standard InChI is InChI=1S/C9H11N3O2S/c1-7-10-4-2-9(11-7)12-8-3-5-15(13,14)6-8/h2-5,8H,6H2,1H3,(H,10,11,12). The second kappa shape index (κ2) is 3.62. The van der Waals surface area contributed by atoms with E-state index in [1.54, 1.807) is 25.3 Å². The molecule has 1 aromatic heterocycles. The van der Waals surface area contributed by atoms with Crippen LogP contribution in [0.15, 0.2) is 23.7 Å². The van der Waals surface area contributed by atoms with Crippen LogP contribution in [0.1, 0.15) is 5.82 Å². The first kappa shape index (κ1) is 10.1. The lowest BCUT2D eigenvalue weighted by Gasteiger charge is -2.10. The molecular formula is C9H11N3O2S. The highest BCUT2D eigenvalue weighted by Gasteiger charge is 2.21. The fourth-order valence-corrected chi connectivity index (χ4v) is 2.63. The summed E-state index contributed by atoms with van der Waals surface area (Å²) in [6.45, 7) is 1.78. The summed E-state index contributed by atoms with van der Waals surface area (Å²) in [5.41, 5.74) is 0. The van der Waals surface area contributed by atoms with Crippen molar-refractivity contribution in [3.63, 3.8) is 0 Å². The topological polar surface area (TPSA) is 72.0 Å². The quantitative estimate of drug-likeness (QED) is 0.794.